The molecule has 0 saturated heterocycles. The molecule has 0 unspecified atom stereocenters. The topological polar surface area (TPSA) is 24.1 Å². The average Bonchev–Trinajstić information content (AvgIpc) is 3.11. The molecule has 2 aliphatic rings. The molecule has 2 fully saturated rings. The lowest BCUT2D eigenvalue weighted by molar-refractivity contribution is 0.151. The maximum absolute atomic E-state index is 3.77. The third kappa shape index (κ3) is 3.71. The van der Waals surface area contributed by atoms with Crippen molar-refractivity contribution in [2.24, 2.45) is 16.7 Å². The second kappa shape index (κ2) is 5.92. The summed E-state index contributed by atoms with van der Waals surface area (Å²) in [5, 5.41) is 7.11. The summed E-state index contributed by atoms with van der Waals surface area (Å²) >= 11 is 0. The van der Waals surface area contributed by atoms with Crippen LogP contribution in [0.4, 0.5) is 0 Å². The molecule has 18 heavy (non-hydrogen) atoms. The van der Waals surface area contributed by atoms with Crippen molar-refractivity contribution in [3.8, 4) is 0 Å². The molecule has 0 amide bonds. The van der Waals surface area contributed by atoms with Crippen molar-refractivity contribution in [1.29, 1.82) is 0 Å². The first-order valence-corrected chi connectivity index (χ1v) is 7.93. The molecule has 2 saturated carbocycles. The predicted octanol–water partition coefficient (Wildman–Crippen LogP) is 3.18. The van der Waals surface area contributed by atoms with Crippen LogP contribution in [0.1, 0.15) is 58.8 Å². The fourth-order valence-electron chi connectivity index (χ4n) is 3.65. The molecule has 2 aliphatic carbocycles. The van der Waals surface area contributed by atoms with Gasteiger partial charge in [0.05, 0.1) is 0 Å². The van der Waals surface area contributed by atoms with Crippen molar-refractivity contribution in [3.05, 3.63) is 0 Å². The van der Waals surface area contributed by atoms with E-state index in [1.54, 1.807) is 0 Å². The van der Waals surface area contributed by atoms with Crippen LogP contribution < -0.4 is 10.6 Å². The van der Waals surface area contributed by atoms with Crippen molar-refractivity contribution >= 4 is 0 Å². The first kappa shape index (κ1) is 14.3. The summed E-state index contributed by atoms with van der Waals surface area (Å²) < 4.78 is 0. The minimum atomic E-state index is 0.482. The van der Waals surface area contributed by atoms with Gasteiger partial charge < -0.3 is 10.6 Å². The van der Waals surface area contributed by atoms with E-state index in [1.807, 2.05) is 0 Å². The summed E-state index contributed by atoms with van der Waals surface area (Å²) in [5.74, 6) is 0.943. The highest BCUT2D eigenvalue weighted by Gasteiger charge is 2.41. The molecular weight excluding hydrogens is 220 g/mol. The third-order valence-corrected chi connectivity index (χ3v) is 5.30. The lowest BCUT2D eigenvalue weighted by atomic mass is 9.71. The van der Waals surface area contributed by atoms with E-state index in [0.29, 0.717) is 10.8 Å². The van der Waals surface area contributed by atoms with Gasteiger partial charge in [0.25, 0.3) is 0 Å². The minimum Gasteiger partial charge on any atom is -0.319 e. The van der Waals surface area contributed by atoms with E-state index >= 15 is 0 Å². The van der Waals surface area contributed by atoms with Crippen LogP contribution in [-0.2, 0) is 0 Å². The monoisotopic (exact) mass is 252 g/mol. The normalized spacial score (nSPS) is 24.2. The predicted molar refractivity (Wildman–Crippen MR) is 78.8 cm³/mol. The van der Waals surface area contributed by atoms with Crippen molar-refractivity contribution in [1.82, 2.24) is 10.6 Å². The van der Waals surface area contributed by atoms with E-state index in [9.17, 15) is 0 Å². The van der Waals surface area contributed by atoms with Crippen LogP contribution in [0.2, 0.25) is 0 Å². The Labute approximate surface area is 113 Å². The lowest BCUT2D eigenvalue weighted by Crippen LogP contribution is -2.40. The molecular formula is C16H32N2. The van der Waals surface area contributed by atoms with Crippen LogP contribution in [0.25, 0.3) is 0 Å². The van der Waals surface area contributed by atoms with Gasteiger partial charge in [0.15, 0.2) is 0 Å². The van der Waals surface area contributed by atoms with Crippen LogP contribution in [0.15, 0.2) is 0 Å². The van der Waals surface area contributed by atoms with E-state index in [4.69, 9.17) is 0 Å². The Morgan fingerprint density at radius 2 is 1.72 bits per heavy atom. The van der Waals surface area contributed by atoms with Crippen molar-refractivity contribution in [3.63, 3.8) is 0 Å². The molecule has 0 heterocycles. The maximum Gasteiger partial charge on any atom is 0.00202 e. The quantitative estimate of drug-likeness (QED) is 0.727. The zero-order valence-corrected chi connectivity index (χ0v) is 12.6. The number of nitrogens with one attached hydrogen (secondary N) is 2. The van der Waals surface area contributed by atoms with Gasteiger partial charge in [-0.3, -0.25) is 0 Å². The van der Waals surface area contributed by atoms with Crippen LogP contribution in [0, 0.1) is 16.7 Å². The minimum absolute atomic E-state index is 0.482. The second-order valence-corrected chi connectivity index (χ2v) is 7.46. The fraction of sp³-hybridized carbons (Fsp3) is 1.00. The summed E-state index contributed by atoms with van der Waals surface area (Å²) in [4.78, 5) is 0. The van der Waals surface area contributed by atoms with E-state index in [1.165, 1.54) is 64.6 Å². The van der Waals surface area contributed by atoms with Gasteiger partial charge in [0, 0.05) is 19.6 Å². The highest BCUT2D eigenvalue weighted by Crippen LogP contribution is 2.44. The average molecular weight is 252 g/mol. The van der Waals surface area contributed by atoms with E-state index in [-0.39, 0.29) is 0 Å². The van der Waals surface area contributed by atoms with Crippen LogP contribution in [0.3, 0.4) is 0 Å². The Kier molecular flexibility index (Phi) is 4.71. The molecule has 0 radical (unpaired) electrons. The molecule has 2 heteroatoms. The molecule has 0 aliphatic heterocycles. The van der Waals surface area contributed by atoms with E-state index < -0.39 is 0 Å². The van der Waals surface area contributed by atoms with Gasteiger partial charge in [-0.1, -0.05) is 33.1 Å². The Morgan fingerprint density at radius 3 is 2.28 bits per heavy atom. The molecule has 0 spiro atoms. The highest BCUT2D eigenvalue weighted by atomic mass is 14.9. The Morgan fingerprint density at radius 1 is 1.06 bits per heavy atom. The van der Waals surface area contributed by atoms with Gasteiger partial charge in [-0.25, -0.2) is 0 Å². The van der Waals surface area contributed by atoms with Crippen LogP contribution >= 0.6 is 0 Å². The standard InChI is InChI=1S/C16H32N2/c1-15(2,14-7-5-4-6-8-14)11-18-13-16(9-10-16)12-17-3/h14,17-18H,4-13H2,1-3H3. The third-order valence-electron chi connectivity index (χ3n) is 5.30. The Bertz CT molecular complexity index is 250. The fourth-order valence-corrected chi connectivity index (χ4v) is 3.65. The van der Waals surface area contributed by atoms with E-state index in [0.717, 1.165) is 5.92 Å². The van der Waals surface area contributed by atoms with Gasteiger partial charge in [-0.05, 0) is 49.5 Å². The lowest BCUT2D eigenvalue weighted by Gasteiger charge is -2.37. The molecule has 0 atom stereocenters. The molecule has 106 valence electrons. The Hall–Kier alpha value is -0.0800. The van der Waals surface area contributed by atoms with Gasteiger partial charge >= 0.3 is 0 Å². The molecule has 2 rings (SSSR count). The van der Waals surface area contributed by atoms with Crippen LogP contribution in [0.5, 0.6) is 0 Å². The smallest absolute Gasteiger partial charge is 0.00202 e. The summed E-state index contributed by atoms with van der Waals surface area (Å²) in [5.41, 5.74) is 1.08. The van der Waals surface area contributed by atoms with Crippen molar-refractivity contribution < 1.29 is 0 Å². The molecule has 0 aromatic heterocycles. The zero-order valence-electron chi connectivity index (χ0n) is 12.6. The van der Waals surface area contributed by atoms with Crippen molar-refractivity contribution in [2.45, 2.75) is 58.8 Å². The number of rotatable bonds is 7. The van der Waals surface area contributed by atoms with Crippen LogP contribution in [-0.4, -0.2) is 26.7 Å². The zero-order chi connectivity index (χ0) is 13.1. The van der Waals surface area contributed by atoms with Gasteiger partial charge in [0.1, 0.15) is 0 Å². The largest absolute Gasteiger partial charge is 0.319 e. The maximum atomic E-state index is 3.77. The molecule has 0 bridgehead atoms. The summed E-state index contributed by atoms with van der Waals surface area (Å²) in [6, 6.07) is 0. The summed E-state index contributed by atoms with van der Waals surface area (Å²) in [6.45, 7) is 8.53. The summed E-state index contributed by atoms with van der Waals surface area (Å²) in [7, 11) is 2.08. The summed E-state index contributed by atoms with van der Waals surface area (Å²) in [6.07, 6.45) is 10.1. The van der Waals surface area contributed by atoms with Gasteiger partial charge in [0.2, 0.25) is 0 Å². The first-order chi connectivity index (χ1) is 8.58. The Balaban J connectivity index is 1.71. The van der Waals surface area contributed by atoms with E-state index in [2.05, 4.69) is 31.5 Å². The van der Waals surface area contributed by atoms with Gasteiger partial charge in [-0.15, -0.1) is 0 Å². The molecule has 0 aromatic carbocycles. The molecule has 2 nitrogen and oxygen atoms in total. The SMILES string of the molecule is CNCC1(CNCC(C)(C)C2CCCCC2)CC1. The highest BCUT2D eigenvalue weighted by molar-refractivity contribution is 4.97. The second-order valence-electron chi connectivity index (χ2n) is 7.46. The molecule has 2 N–H and O–H groups in total. The van der Waals surface area contributed by atoms with Crippen molar-refractivity contribution in [2.75, 3.05) is 26.7 Å². The number of hydrogen-bond donors (Lipinski definition) is 2. The molecule has 0 aromatic rings. The number of hydrogen-bond acceptors (Lipinski definition) is 2. The first-order valence-electron chi connectivity index (χ1n) is 7.93. The van der Waals surface area contributed by atoms with Gasteiger partial charge in [-0.2, -0.15) is 0 Å².